The molecule has 0 heterocycles. The van der Waals surface area contributed by atoms with Crippen molar-refractivity contribution < 1.29 is 19.8 Å². The van der Waals surface area contributed by atoms with Crippen molar-refractivity contribution in [2.75, 3.05) is 0 Å². The molecule has 6 aliphatic rings. The van der Waals surface area contributed by atoms with Crippen LogP contribution < -0.4 is 0 Å². The molecule has 0 bridgehead atoms. The van der Waals surface area contributed by atoms with E-state index in [0.717, 1.165) is 57.8 Å². The maximum absolute atomic E-state index is 12.0. The second-order valence-corrected chi connectivity index (χ2v) is 17.5. The highest BCUT2D eigenvalue weighted by Crippen LogP contribution is 2.65. The van der Waals surface area contributed by atoms with E-state index in [0.29, 0.717) is 17.8 Å². The van der Waals surface area contributed by atoms with E-state index in [1.807, 2.05) is 13.8 Å². The molecule has 2 N–H and O–H groups in total. The van der Waals surface area contributed by atoms with Crippen molar-refractivity contribution in [2.24, 2.45) is 56.2 Å². The van der Waals surface area contributed by atoms with Crippen molar-refractivity contribution >= 4 is 11.9 Å². The summed E-state index contributed by atoms with van der Waals surface area (Å²) in [6.07, 6.45) is 24.1. The van der Waals surface area contributed by atoms with E-state index >= 15 is 0 Å². The molecule has 0 aromatic carbocycles. The standard InChI is InChI=1S/2C20H30O2/c2*1-5-18(2)12-9-15-14(13-18)7-8-16-19(15,3)10-6-11-20(16,4)17(21)22/h5,13,15-16H,1,6-12H2,2-4H3,(H,21,22);5,7,15-16H,1,6,8-13H2,2-4H3,(H,21,22)/t15-,16?,18+,19+,20+;15-,16+,18-,19+,20+/m00/s1. The summed E-state index contributed by atoms with van der Waals surface area (Å²) in [5, 5.41) is 19.7. The topological polar surface area (TPSA) is 74.6 Å². The molecule has 6 rings (SSSR count). The highest BCUT2D eigenvalue weighted by Gasteiger charge is 2.59. The van der Waals surface area contributed by atoms with Crippen molar-refractivity contribution in [2.45, 2.75) is 131 Å². The van der Waals surface area contributed by atoms with Crippen molar-refractivity contribution in [3.8, 4) is 0 Å². The minimum atomic E-state index is -0.591. The van der Waals surface area contributed by atoms with E-state index in [4.69, 9.17) is 0 Å². The first-order chi connectivity index (χ1) is 20.5. The van der Waals surface area contributed by atoms with E-state index in [2.05, 4.69) is 65.2 Å². The molecule has 244 valence electrons. The van der Waals surface area contributed by atoms with Crippen molar-refractivity contribution in [1.29, 1.82) is 0 Å². The van der Waals surface area contributed by atoms with E-state index in [9.17, 15) is 19.8 Å². The van der Waals surface area contributed by atoms with E-state index in [-0.39, 0.29) is 27.6 Å². The van der Waals surface area contributed by atoms with Crippen LogP contribution in [-0.4, -0.2) is 22.2 Å². The van der Waals surface area contributed by atoms with Crippen LogP contribution in [0, 0.1) is 56.2 Å². The van der Waals surface area contributed by atoms with Crippen LogP contribution in [0.4, 0.5) is 0 Å². The predicted octanol–water partition coefficient (Wildman–Crippen LogP) is 10.4. The quantitative estimate of drug-likeness (QED) is 0.313. The molecule has 0 aromatic heterocycles. The van der Waals surface area contributed by atoms with E-state index in [1.54, 1.807) is 11.1 Å². The van der Waals surface area contributed by atoms with Gasteiger partial charge >= 0.3 is 11.9 Å². The lowest BCUT2D eigenvalue weighted by Crippen LogP contribution is -2.54. The monoisotopic (exact) mass is 604 g/mol. The number of aliphatic carboxylic acids is 2. The van der Waals surface area contributed by atoms with Crippen LogP contribution in [0.2, 0.25) is 0 Å². The van der Waals surface area contributed by atoms with Gasteiger partial charge in [-0.1, -0.05) is 76.0 Å². The van der Waals surface area contributed by atoms with Crippen LogP contribution in [0.1, 0.15) is 131 Å². The lowest BCUT2D eigenvalue weighted by atomic mass is 9.45. The van der Waals surface area contributed by atoms with Gasteiger partial charge in [0.1, 0.15) is 0 Å². The predicted molar refractivity (Wildman–Crippen MR) is 179 cm³/mol. The first-order valence-corrected chi connectivity index (χ1v) is 17.6. The summed E-state index contributed by atoms with van der Waals surface area (Å²) in [4.78, 5) is 23.9. The van der Waals surface area contributed by atoms with Crippen LogP contribution in [-0.2, 0) is 9.59 Å². The summed E-state index contributed by atoms with van der Waals surface area (Å²) in [7, 11) is 0. The molecule has 4 saturated carbocycles. The molecule has 0 saturated heterocycles. The number of hydrogen-bond acceptors (Lipinski definition) is 2. The summed E-state index contributed by atoms with van der Waals surface area (Å²) < 4.78 is 0. The van der Waals surface area contributed by atoms with Gasteiger partial charge in [0, 0.05) is 5.41 Å². The van der Waals surface area contributed by atoms with Crippen LogP contribution in [0.5, 0.6) is 0 Å². The average Bonchev–Trinajstić information content (AvgIpc) is 2.96. The number of allylic oxidation sites excluding steroid dienone is 6. The fourth-order valence-electron chi connectivity index (χ4n) is 11.8. The average molecular weight is 605 g/mol. The minimum Gasteiger partial charge on any atom is -0.481 e. The number of carboxylic acids is 2. The molecule has 4 fully saturated rings. The molecule has 0 spiro atoms. The highest BCUT2D eigenvalue weighted by atomic mass is 16.4. The van der Waals surface area contributed by atoms with Gasteiger partial charge in [0.05, 0.1) is 10.8 Å². The van der Waals surface area contributed by atoms with Crippen LogP contribution >= 0.6 is 0 Å². The SMILES string of the molecule is C=C[C@@]1(C)C=C2CCC3[C@](C)(C(=O)O)CCC[C@]3(C)[C@H]2CC1.C=C[C@@]1(C)CC[C@H]2C(=CC[C@@H]3[C@]2(C)CCC[C@@]3(C)C(=O)O)C1. The third-order valence-electron chi connectivity index (χ3n) is 14.8. The summed E-state index contributed by atoms with van der Waals surface area (Å²) in [6, 6.07) is 0. The number of fused-ring (bicyclic) bond motifs is 6. The molecule has 0 amide bonds. The number of carboxylic acid groups (broad SMARTS) is 2. The Morgan fingerprint density at radius 3 is 1.84 bits per heavy atom. The molecule has 44 heavy (non-hydrogen) atoms. The Bertz CT molecular complexity index is 1260. The minimum absolute atomic E-state index is 0.139. The molecular formula is C40H60O4. The van der Waals surface area contributed by atoms with Gasteiger partial charge in [-0.2, -0.15) is 0 Å². The van der Waals surface area contributed by atoms with Crippen LogP contribution in [0.15, 0.2) is 48.6 Å². The summed E-state index contributed by atoms with van der Waals surface area (Å²) >= 11 is 0. The van der Waals surface area contributed by atoms with Gasteiger partial charge in [-0.15, -0.1) is 13.2 Å². The molecule has 0 radical (unpaired) electrons. The second kappa shape index (κ2) is 11.3. The van der Waals surface area contributed by atoms with Crippen LogP contribution in [0.25, 0.3) is 0 Å². The van der Waals surface area contributed by atoms with Gasteiger partial charge in [0.2, 0.25) is 0 Å². The Labute approximate surface area is 267 Å². The molecule has 4 nitrogen and oxygen atoms in total. The first-order valence-electron chi connectivity index (χ1n) is 17.6. The zero-order valence-corrected chi connectivity index (χ0v) is 28.6. The fraction of sp³-hybridized carbons (Fsp3) is 0.750. The lowest BCUT2D eigenvalue weighted by molar-refractivity contribution is -0.164. The molecule has 6 aliphatic carbocycles. The fourth-order valence-corrected chi connectivity index (χ4v) is 11.8. The van der Waals surface area contributed by atoms with Gasteiger partial charge in [0.15, 0.2) is 0 Å². The Hall–Kier alpha value is -2.10. The van der Waals surface area contributed by atoms with Gasteiger partial charge < -0.3 is 10.2 Å². The zero-order valence-electron chi connectivity index (χ0n) is 28.6. The zero-order chi connectivity index (χ0) is 32.3. The molecule has 0 aliphatic heterocycles. The smallest absolute Gasteiger partial charge is 0.309 e. The first kappa shape index (κ1) is 33.3. The maximum atomic E-state index is 12.0. The van der Waals surface area contributed by atoms with Gasteiger partial charge in [-0.3, -0.25) is 9.59 Å². The van der Waals surface area contributed by atoms with Crippen molar-refractivity contribution in [3.05, 3.63) is 48.6 Å². The third kappa shape index (κ3) is 5.19. The maximum Gasteiger partial charge on any atom is 0.309 e. The molecule has 4 heteroatoms. The third-order valence-corrected chi connectivity index (χ3v) is 14.8. The second-order valence-electron chi connectivity index (χ2n) is 17.5. The Kier molecular flexibility index (Phi) is 8.55. The van der Waals surface area contributed by atoms with Gasteiger partial charge in [0.25, 0.3) is 0 Å². The van der Waals surface area contributed by atoms with Crippen molar-refractivity contribution in [1.82, 2.24) is 0 Å². The number of carbonyl (C=O) groups is 2. The van der Waals surface area contributed by atoms with Gasteiger partial charge in [-0.25, -0.2) is 0 Å². The molecule has 0 aromatic rings. The van der Waals surface area contributed by atoms with Crippen LogP contribution in [0.3, 0.4) is 0 Å². The Morgan fingerprint density at radius 1 is 0.727 bits per heavy atom. The summed E-state index contributed by atoms with van der Waals surface area (Å²) in [5.41, 5.74) is 2.79. The largest absolute Gasteiger partial charge is 0.481 e. The van der Waals surface area contributed by atoms with Crippen molar-refractivity contribution in [3.63, 3.8) is 0 Å². The Morgan fingerprint density at radius 2 is 1.27 bits per heavy atom. The highest BCUT2D eigenvalue weighted by molar-refractivity contribution is 5.75. The molecule has 1 unspecified atom stereocenters. The van der Waals surface area contributed by atoms with E-state index in [1.165, 1.54) is 32.1 Å². The molecular weight excluding hydrogens is 544 g/mol. The molecule has 10 atom stereocenters. The number of rotatable bonds is 4. The summed E-state index contributed by atoms with van der Waals surface area (Å²) in [6.45, 7) is 21.4. The van der Waals surface area contributed by atoms with E-state index < -0.39 is 22.8 Å². The lowest BCUT2D eigenvalue weighted by Gasteiger charge is -2.59. The number of hydrogen-bond donors (Lipinski definition) is 2. The summed E-state index contributed by atoms with van der Waals surface area (Å²) in [5.74, 6) is 0.598. The Balaban J connectivity index is 0.000000175. The van der Waals surface area contributed by atoms with Gasteiger partial charge in [-0.05, 0) is 131 Å². The normalized spacial score (nSPS) is 47.9.